The van der Waals surface area contributed by atoms with Crippen LogP contribution in [0.3, 0.4) is 0 Å². The van der Waals surface area contributed by atoms with E-state index in [-0.39, 0.29) is 0 Å². The molecular formula is C16H24N2. The van der Waals surface area contributed by atoms with Gasteiger partial charge in [0, 0.05) is 25.2 Å². The summed E-state index contributed by atoms with van der Waals surface area (Å²) < 4.78 is 0. The summed E-state index contributed by atoms with van der Waals surface area (Å²) in [4.78, 5) is 2.63. The minimum Gasteiger partial charge on any atom is -0.327 e. The maximum absolute atomic E-state index is 6.22. The van der Waals surface area contributed by atoms with Crippen LogP contribution in [0.5, 0.6) is 0 Å². The summed E-state index contributed by atoms with van der Waals surface area (Å²) in [6.07, 6.45) is 5.17. The molecule has 1 saturated heterocycles. The van der Waals surface area contributed by atoms with Gasteiger partial charge in [0.15, 0.2) is 0 Å². The first-order valence-corrected chi connectivity index (χ1v) is 7.26. The highest BCUT2D eigenvalue weighted by molar-refractivity contribution is 5.21. The van der Waals surface area contributed by atoms with E-state index in [0.717, 1.165) is 18.5 Å². The van der Waals surface area contributed by atoms with Gasteiger partial charge in [-0.1, -0.05) is 29.8 Å². The zero-order valence-electron chi connectivity index (χ0n) is 11.3. The van der Waals surface area contributed by atoms with Crippen molar-refractivity contribution in [2.24, 2.45) is 11.7 Å². The summed E-state index contributed by atoms with van der Waals surface area (Å²) in [7, 11) is 0. The molecule has 98 valence electrons. The number of aryl methyl sites for hydroxylation is 1. The molecule has 1 aromatic rings. The summed E-state index contributed by atoms with van der Waals surface area (Å²) in [5.41, 5.74) is 9.03. The predicted molar refractivity (Wildman–Crippen MR) is 75.6 cm³/mol. The Hall–Kier alpha value is -0.860. The van der Waals surface area contributed by atoms with Crippen molar-refractivity contribution in [3.8, 4) is 0 Å². The van der Waals surface area contributed by atoms with E-state index in [9.17, 15) is 0 Å². The lowest BCUT2D eigenvalue weighted by atomic mass is 9.89. The Morgan fingerprint density at radius 2 is 1.89 bits per heavy atom. The van der Waals surface area contributed by atoms with Gasteiger partial charge in [0.1, 0.15) is 0 Å². The Balaban J connectivity index is 1.62. The monoisotopic (exact) mass is 244 g/mol. The number of piperidine rings is 1. The average Bonchev–Trinajstić information content (AvgIpc) is 3.15. The molecule has 1 saturated carbocycles. The normalized spacial score (nSPS) is 29.4. The Bertz CT molecular complexity index is 394. The Morgan fingerprint density at radius 3 is 2.56 bits per heavy atom. The number of benzene rings is 1. The van der Waals surface area contributed by atoms with Gasteiger partial charge in [0.2, 0.25) is 0 Å². The minimum atomic E-state index is 0.384. The van der Waals surface area contributed by atoms with Crippen LogP contribution in [0.4, 0.5) is 0 Å². The molecule has 0 bridgehead atoms. The van der Waals surface area contributed by atoms with Gasteiger partial charge in [-0.25, -0.2) is 0 Å². The second-order valence-corrected chi connectivity index (χ2v) is 6.24. The molecule has 18 heavy (non-hydrogen) atoms. The van der Waals surface area contributed by atoms with E-state index in [1.165, 1.54) is 43.4 Å². The van der Waals surface area contributed by atoms with Gasteiger partial charge in [-0.3, -0.25) is 4.90 Å². The highest BCUT2D eigenvalue weighted by Crippen LogP contribution is 2.31. The number of likely N-dealkylation sites (tertiary alicyclic amines) is 1. The maximum Gasteiger partial charge on any atom is 0.0171 e. The van der Waals surface area contributed by atoms with Gasteiger partial charge in [-0.05, 0) is 44.1 Å². The SMILES string of the molecule is Cc1ccc(CC2CC(N)CN(C3CC3)C2)cc1. The fraction of sp³-hybridized carbons (Fsp3) is 0.625. The molecule has 0 amide bonds. The number of hydrogen-bond donors (Lipinski definition) is 1. The summed E-state index contributed by atoms with van der Waals surface area (Å²) in [5.74, 6) is 0.747. The molecule has 2 fully saturated rings. The molecule has 0 radical (unpaired) electrons. The van der Waals surface area contributed by atoms with Crippen LogP contribution < -0.4 is 5.73 Å². The van der Waals surface area contributed by atoms with Crippen molar-refractivity contribution in [1.29, 1.82) is 0 Å². The molecule has 0 spiro atoms. The fourth-order valence-electron chi connectivity index (χ4n) is 3.23. The second-order valence-electron chi connectivity index (χ2n) is 6.24. The topological polar surface area (TPSA) is 29.3 Å². The second kappa shape index (κ2) is 5.02. The van der Waals surface area contributed by atoms with Crippen molar-refractivity contribution in [3.63, 3.8) is 0 Å². The molecule has 1 heterocycles. The van der Waals surface area contributed by atoms with Crippen LogP contribution in [0, 0.1) is 12.8 Å². The summed E-state index contributed by atoms with van der Waals surface area (Å²) >= 11 is 0. The summed E-state index contributed by atoms with van der Waals surface area (Å²) in [6.45, 7) is 4.52. The maximum atomic E-state index is 6.22. The first-order valence-electron chi connectivity index (χ1n) is 7.26. The van der Waals surface area contributed by atoms with Crippen LogP contribution in [-0.4, -0.2) is 30.1 Å². The molecule has 2 aliphatic rings. The lowest BCUT2D eigenvalue weighted by Gasteiger charge is -2.36. The van der Waals surface area contributed by atoms with E-state index < -0.39 is 0 Å². The summed E-state index contributed by atoms with van der Waals surface area (Å²) in [5, 5.41) is 0. The van der Waals surface area contributed by atoms with Gasteiger partial charge < -0.3 is 5.73 Å². The number of hydrogen-bond acceptors (Lipinski definition) is 2. The molecule has 2 unspecified atom stereocenters. The van der Waals surface area contributed by atoms with Crippen LogP contribution in [0.1, 0.15) is 30.4 Å². The van der Waals surface area contributed by atoms with E-state index in [1.54, 1.807) is 0 Å². The zero-order chi connectivity index (χ0) is 12.5. The highest BCUT2D eigenvalue weighted by Gasteiger charge is 2.34. The van der Waals surface area contributed by atoms with Crippen molar-refractivity contribution in [1.82, 2.24) is 4.90 Å². The molecule has 2 N–H and O–H groups in total. The summed E-state index contributed by atoms with van der Waals surface area (Å²) in [6, 6.07) is 10.2. The molecule has 0 aromatic heterocycles. The predicted octanol–water partition coefficient (Wildman–Crippen LogP) is 2.35. The molecule has 2 atom stereocenters. The molecule has 2 heteroatoms. The third-order valence-electron chi connectivity index (χ3n) is 4.31. The van der Waals surface area contributed by atoms with E-state index in [1.807, 2.05) is 0 Å². The Labute approximate surface area is 110 Å². The molecule has 1 aromatic carbocycles. The van der Waals surface area contributed by atoms with Crippen molar-refractivity contribution in [2.45, 2.75) is 44.7 Å². The molecular weight excluding hydrogens is 220 g/mol. The van der Waals surface area contributed by atoms with Gasteiger partial charge in [-0.15, -0.1) is 0 Å². The van der Waals surface area contributed by atoms with Crippen LogP contribution >= 0.6 is 0 Å². The van der Waals surface area contributed by atoms with Crippen LogP contribution in [0.25, 0.3) is 0 Å². The molecule has 1 aliphatic carbocycles. The molecule has 3 rings (SSSR count). The number of nitrogens with zero attached hydrogens (tertiary/aromatic N) is 1. The lowest BCUT2D eigenvalue weighted by molar-refractivity contribution is 0.148. The highest BCUT2D eigenvalue weighted by atomic mass is 15.2. The largest absolute Gasteiger partial charge is 0.327 e. The minimum absolute atomic E-state index is 0.384. The van der Waals surface area contributed by atoms with Gasteiger partial charge in [0.05, 0.1) is 0 Å². The fourth-order valence-corrected chi connectivity index (χ4v) is 3.23. The number of rotatable bonds is 3. The van der Waals surface area contributed by atoms with Crippen molar-refractivity contribution < 1.29 is 0 Å². The lowest BCUT2D eigenvalue weighted by Crippen LogP contribution is -2.48. The standard InChI is InChI=1S/C16H24N2/c1-12-2-4-13(5-3-12)8-14-9-15(17)11-18(10-14)16-6-7-16/h2-5,14-16H,6-11,17H2,1H3. The van der Waals surface area contributed by atoms with E-state index in [0.29, 0.717) is 6.04 Å². The first kappa shape index (κ1) is 12.2. The van der Waals surface area contributed by atoms with E-state index >= 15 is 0 Å². The third kappa shape index (κ3) is 2.93. The average molecular weight is 244 g/mol. The van der Waals surface area contributed by atoms with E-state index in [2.05, 4.69) is 36.1 Å². The molecule has 1 aliphatic heterocycles. The smallest absolute Gasteiger partial charge is 0.0171 e. The Morgan fingerprint density at radius 1 is 1.17 bits per heavy atom. The van der Waals surface area contributed by atoms with Gasteiger partial charge in [-0.2, -0.15) is 0 Å². The van der Waals surface area contributed by atoms with E-state index in [4.69, 9.17) is 5.73 Å². The van der Waals surface area contributed by atoms with Crippen LogP contribution in [0.15, 0.2) is 24.3 Å². The van der Waals surface area contributed by atoms with Crippen LogP contribution in [0.2, 0.25) is 0 Å². The Kier molecular flexibility index (Phi) is 3.40. The number of nitrogens with two attached hydrogens (primary N) is 1. The van der Waals surface area contributed by atoms with Crippen molar-refractivity contribution in [3.05, 3.63) is 35.4 Å². The third-order valence-corrected chi connectivity index (χ3v) is 4.31. The van der Waals surface area contributed by atoms with Crippen molar-refractivity contribution in [2.75, 3.05) is 13.1 Å². The van der Waals surface area contributed by atoms with Gasteiger partial charge >= 0.3 is 0 Å². The molecule has 2 nitrogen and oxygen atoms in total. The van der Waals surface area contributed by atoms with Gasteiger partial charge in [0.25, 0.3) is 0 Å². The van der Waals surface area contributed by atoms with Crippen molar-refractivity contribution >= 4 is 0 Å². The quantitative estimate of drug-likeness (QED) is 0.884. The van der Waals surface area contributed by atoms with Crippen LogP contribution in [-0.2, 0) is 6.42 Å². The zero-order valence-corrected chi connectivity index (χ0v) is 11.3. The first-order chi connectivity index (χ1) is 8.70.